The van der Waals surface area contributed by atoms with Crippen LogP contribution in [0.1, 0.15) is 56.1 Å². The Morgan fingerprint density at radius 3 is 2.59 bits per heavy atom. The van der Waals surface area contributed by atoms with E-state index >= 15 is 0 Å². The minimum Gasteiger partial charge on any atom is -0.370 e. The van der Waals surface area contributed by atoms with E-state index in [-0.39, 0.29) is 0 Å². The van der Waals surface area contributed by atoms with Gasteiger partial charge in [-0.15, -0.1) is 0 Å². The van der Waals surface area contributed by atoms with Gasteiger partial charge in [0.25, 0.3) is 0 Å². The molecule has 0 amide bonds. The fourth-order valence-electron chi connectivity index (χ4n) is 2.61. The van der Waals surface area contributed by atoms with Crippen LogP contribution in [0.2, 0.25) is 0 Å². The molecule has 2 rings (SSSR count). The third kappa shape index (κ3) is 2.59. The molecule has 3 nitrogen and oxygen atoms in total. The first-order chi connectivity index (χ1) is 8.11. The average Bonchev–Trinajstić information content (AvgIpc) is 2.71. The highest BCUT2D eigenvalue weighted by Crippen LogP contribution is 2.37. The minimum atomic E-state index is 0.571. The van der Waals surface area contributed by atoms with Gasteiger partial charge in [-0.05, 0) is 46.0 Å². The van der Waals surface area contributed by atoms with E-state index in [1.165, 1.54) is 24.8 Å². The highest BCUT2D eigenvalue weighted by molar-refractivity contribution is 5.45. The number of rotatable bonds is 3. The van der Waals surface area contributed by atoms with E-state index in [0.717, 1.165) is 29.8 Å². The van der Waals surface area contributed by atoms with Gasteiger partial charge in [-0.2, -0.15) is 0 Å². The molecule has 94 valence electrons. The number of aromatic nitrogens is 2. The minimum absolute atomic E-state index is 0.571. The molecule has 1 N–H and O–H groups in total. The molecule has 0 aliphatic heterocycles. The molecule has 2 unspecified atom stereocenters. The molecule has 0 radical (unpaired) electrons. The van der Waals surface area contributed by atoms with E-state index in [9.17, 15) is 0 Å². The third-order valence-electron chi connectivity index (χ3n) is 3.81. The zero-order valence-electron chi connectivity index (χ0n) is 11.4. The van der Waals surface area contributed by atoms with Crippen molar-refractivity contribution >= 4 is 5.82 Å². The number of hydrogen-bond donors (Lipinski definition) is 1. The van der Waals surface area contributed by atoms with E-state index in [4.69, 9.17) is 4.98 Å². The van der Waals surface area contributed by atoms with Gasteiger partial charge in [0, 0.05) is 23.7 Å². The summed E-state index contributed by atoms with van der Waals surface area (Å²) in [4.78, 5) is 9.40. The summed E-state index contributed by atoms with van der Waals surface area (Å²) in [6, 6.07) is 0. The Bertz CT molecular complexity index is 401. The Labute approximate surface area is 104 Å². The zero-order valence-corrected chi connectivity index (χ0v) is 11.4. The first-order valence-electron chi connectivity index (χ1n) is 6.70. The summed E-state index contributed by atoms with van der Waals surface area (Å²) < 4.78 is 0. The molecule has 1 fully saturated rings. The Kier molecular flexibility index (Phi) is 3.65. The Balaban J connectivity index is 2.28. The van der Waals surface area contributed by atoms with Gasteiger partial charge in [0.05, 0.1) is 0 Å². The highest BCUT2D eigenvalue weighted by Gasteiger charge is 2.25. The van der Waals surface area contributed by atoms with Crippen LogP contribution >= 0.6 is 0 Å². The molecule has 3 heteroatoms. The largest absolute Gasteiger partial charge is 0.370 e. The van der Waals surface area contributed by atoms with Crippen LogP contribution < -0.4 is 5.32 Å². The van der Waals surface area contributed by atoms with E-state index in [0.29, 0.717) is 5.92 Å². The topological polar surface area (TPSA) is 37.8 Å². The van der Waals surface area contributed by atoms with Crippen LogP contribution in [0, 0.1) is 19.8 Å². The van der Waals surface area contributed by atoms with Crippen molar-refractivity contribution < 1.29 is 0 Å². The van der Waals surface area contributed by atoms with Crippen molar-refractivity contribution in [3.05, 3.63) is 17.1 Å². The molecule has 0 bridgehead atoms. The molecule has 17 heavy (non-hydrogen) atoms. The number of anilines is 1. The maximum absolute atomic E-state index is 4.72. The van der Waals surface area contributed by atoms with Crippen molar-refractivity contribution in [3.8, 4) is 0 Å². The second-order valence-electron chi connectivity index (χ2n) is 5.29. The fourth-order valence-corrected chi connectivity index (χ4v) is 2.61. The maximum Gasteiger partial charge on any atom is 0.134 e. The van der Waals surface area contributed by atoms with E-state index < -0.39 is 0 Å². The molecule has 1 aromatic rings. The number of nitrogens with zero attached hydrogens (tertiary/aromatic N) is 2. The average molecular weight is 233 g/mol. The standard InChI is InChI=1S/C14H23N3/c1-5-15-13-10(3)11(4)16-14(17-13)12-7-6-9(2)8-12/h9,12H,5-8H2,1-4H3,(H,15,16,17). The van der Waals surface area contributed by atoms with Crippen molar-refractivity contribution in [1.82, 2.24) is 9.97 Å². The summed E-state index contributed by atoms with van der Waals surface area (Å²) in [5, 5.41) is 3.34. The molecule has 1 saturated carbocycles. The quantitative estimate of drug-likeness (QED) is 0.869. The van der Waals surface area contributed by atoms with Crippen molar-refractivity contribution in [1.29, 1.82) is 0 Å². The Hall–Kier alpha value is -1.12. The van der Waals surface area contributed by atoms with Crippen molar-refractivity contribution in [2.24, 2.45) is 5.92 Å². The normalized spacial score (nSPS) is 24.0. The van der Waals surface area contributed by atoms with Crippen LogP contribution in [0.15, 0.2) is 0 Å². The molecular formula is C14H23N3. The molecule has 1 heterocycles. The van der Waals surface area contributed by atoms with Gasteiger partial charge in [-0.25, -0.2) is 9.97 Å². The molecule has 1 aliphatic carbocycles. The lowest BCUT2D eigenvalue weighted by atomic mass is 10.0. The molecular weight excluding hydrogens is 210 g/mol. The van der Waals surface area contributed by atoms with Crippen LogP contribution in [0.3, 0.4) is 0 Å². The van der Waals surface area contributed by atoms with Gasteiger partial charge < -0.3 is 5.32 Å². The zero-order chi connectivity index (χ0) is 12.4. The number of aryl methyl sites for hydroxylation is 1. The van der Waals surface area contributed by atoms with E-state index in [2.05, 4.69) is 38.0 Å². The predicted molar refractivity (Wildman–Crippen MR) is 71.4 cm³/mol. The van der Waals surface area contributed by atoms with Gasteiger partial charge in [0.1, 0.15) is 11.6 Å². The Morgan fingerprint density at radius 2 is 2.00 bits per heavy atom. The smallest absolute Gasteiger partial charge is 0.134 e. The summed E-state index contributed by atoms with van der Waals surface area (Å²) in [5.41, 5.74) is 2.30. The molecule has 0 spiro atoms. The summed E-state index contributed by atoms with van der Waals surface area (Å²) >= 11 is 0. The number of hydrogen-bond acceptors (Lipinski definition) is 3. The summed E-state index contributed by atoms with van der Waals surface area (Å²) in [6.07, 6.45) is 3.81. The van der Waals surface area contributed by atoms with Crippen LogP contribution in [0.4, 0.5) is 5.82 Å². The van der Waals surface area contributed by atoms with Gasteiger partial charge >= 0.3 is 0 Å². The second-order valence-corrected chi connectivity index (χ2v) is 5.29. The van der Waals surface area contributed by atoms with E-state index in [1.54, 1.807) is 0 Å². The fraction of sp³-hybridized carbons (Fsp3) is 0.714. The van der Waals surface area contributed by atoms with Gasteiger partial charge in [-0.3, -0.25) is 0 Å². The van der Waals surface area contributed by atoms with Crippen molar-refractivity contribution in [3.63, 3.8) is 0 Å². The van der Waals surface area contributed by atoms with Crippen LogP contribution in [0.5, 0.6) is 0 Å². The first kappa shape index (κ1) is 12.3. The second kappa shape index (κ2) is 5.03. The van der Waals surface area contributed by atoms with Gasteiger partial charge in [-0.1, -0.05) is 6.92 Å². The van der Waals surface area contributed by atoms with Gasteiger partial charge in [0.2, 0.25) is 0 Å². The highest BCUT2D eigenvalue weighted by atomic mass is 15.0. The van der Waals surface area contributed by atoms with Gasteiger partial charge in [0.15, 0.2) is 0 Å². The SMILES string of the molecule is CCNc1nc(C2CCC(C)C2)nc(C)c1C. The lowest BCUT2D eigenvalue weighted by Crippen LogP contribution is -2.10. The monoisotopic (exact) mass is 233 g/mol. The summed E-state index contributed by atoms with van der Waals surface area (Å²) in [7, 11) is 0. The lowest BCUT2D eigenvalue weighted by molar-refractivity contribution is 0.584. The molecule has 0 saturated heterocycles. The summed E-state index contributed by atoms with van der Waals surface area (Å²) in [6.45, 7) is 9.52. The lowest BCUT2D eigenvalue weighted by Gasteiger charge is -2.14. The molecule has 1 aromatic heterocycles. The molecule has 1 aliphatic rings. The van der Waals surface area contributed by atoms with E-state index in [1.807, 2.05) is 0 Å². The predicted octanol–water partition coefficient (Wildman–Crippen LogP) is 3.43. The molecule has 0 aromatic carbocycles. The van der Waals surface area contributed by atoms with Crippen LogP contribution in [-0.2, 0) is 0 Å². The Morgan fingerprint density at radius 1 is 1.24 bits per heavy atom. The van der Waals surface area contributed by atoms with Crippen molar-refractivity contribution in [2.75, 3.05) is 11.9 Å². The maximum atomic E-state index is 4.72. The molecule has 2 atom stereocenters. The summed E-state index contributed by atoms with van der Waals surface area (Å²) in [5.74, 6) is 3.47. The van der Waals surface area contributed by atoms with Crippen molar-refractivity contribution in [2.45, 2.75) is 52.9 Å². The first-order valence-corrected chi connectivity index (χ1v) is 6.70. The number of nitrogens with one attached hydrogen (secondary N) is 1. The van der Waals surface area contributed by atoms with Crippen LogP contribution in [-0.4, -0.2) is 16.5 Å². The van der Waals surface area contributed by atoms with Crippen LogP contribution in [0.25, 0.3) is 0 Å². The third-order valence-corrected chi connectivity index (χ3v) is 3.81.